The zero-order chi connectivity index (χ0) is 14.3. The summed E-state index contributed by atoms with van der Waals surface area (Å²) >= 11 is 0. The van der Waals surface area contributed by atoms with E-state index >= 15 is 0 Å². The summed E-state index contributed by atoms with van der Waals surface area (Å²) < 4.78 is 5.29. The van der Waals surface area contributed by atoms with Crippen molar-refractivity contribution in [2.24, 2.45) is 0 Å². The minimum absolute atomic E-state index is 0.0697. The fraction of sp³-hybridized carbons (Fsp3) is 0.0625. The zero-order valence-electron chi connectivity index (χ0n) is 10.9. The van der Waals surface area contributed by atoms with Gasteiger partial charge in [0.1, 0.15) is 11.3 Å². The predicted molar refractivity (Wildman–Crippen MR) is 78.7 cm³/mol. The highest BCUT2D eigenvalue weighted by Gasteiger charge is 2.13. The van der Waals surface area contributed by atoms with Crippen molar-refractivity contribution in [3.63, 3.8) is 0 Å². The number of hydrogen-bond donors (Lipinski definition) is 2. The molecule has 1 aromatic heterocycles. The van der Waals surface area contributed by atoms with Crippen molar-refractivity contribution in [2.75, 3.05) is 5.73 Å². The lowest BCUT2D eigenvalue weighted by molar-refractivity contribution is 0.473. The number of phenolic OH excluding ortho intramolecular Hbond substituents is 1. The van der Waals surface area contributed by atoms with E-state index in [9.17, 15) is 9.90 Å². The van der Waals surface area contributed by atoms with Crippen LogP contribution in [-0.2, 0) is 0 Å². The molecule has 100 valence electrons. The first-order chi connectivity index (χ1) is 9.56. The van der Waals surface area contributed by atoms with Crippen LogP contribution < -0.4 is 11.4 Å². The number of nitrogens with two attached hydrogens (primary N) is 1. The van der Waals surface area contributed by atoms with Crippen molar-refractivity contribution >= 4 is 16.7 Å². The smallest absolute Gasteiger partial charge is 0.344 e. The van der Waals surface area contributed by atoms with E-state index in [-0.39, 0.29) is 5.75 Å². The molecule has 0 radical (unpaired) electrons. The molecule has 0 amide bonds. The fourth-order valence-corrected chi connectivity index (χ4v) is 2.33. The lowest BCUT2D eigenvalue weighted by Crippen LogP contribution is -2.06. The summed E-state index contributed by atoms with van der Waals surface area (Å²) in [5.74, 6) is 0.0697. The van der Waals surface area contributed by atoms with Crippen molar-refractivity contribution in [1.29, 1.82) is 0 Å². The lowest BCUT2D eigenvalue weighted by atomic mass is 9.99. The van der Waals surface area contributed by atoms with Gasteiger partial charge in [-0.1, -0.05) is 12.1 Å². The Morgan fingerprint density at radius 1 is 1.10 bits per heavy atom. The molecule has 3 rings (SSSR count). The molecular formula is C16H13NO3. The van der Waals surface area contributed by atoms with Gasteiger partial charge < -0.3 is 15.3 Å². The average Bonchev–Trinajstić information content (AvgIpc) is 2.40. The Morgan fingerprint density at radius 2 is 1.80 bits per heavy atom. The maximum atomic E-state index is 12.2. The van der Waals surface area contributed by atoms with Crippen LogP contribution in [-0.4, -0.2) is 5.11 Å². The van der Waals surface area contributed by atoms with E-state index in [0.717, 1.165) is 16.5 Å². The number of rotatable bonds is 1. The minimum Gasteiger partial charge on any atom is -0.508 e. The van der Waals surface area contributed by atoms with Gasteiger partial charge in [0, 0.05) is 17.1 Å². The van der Waals surface area contributed by atoms with Crippen molar-refractivity contribution < 1.29 is 9.52 Å². The number of nitrogen functional groups attached to an aromatic ring is 1. The molecule has 4 heteroatoms. The van der Waals surface area contributed by atoms with Gasteiger partial charge in [-0.05, 0) is 42.3 Å². The van der Waals surface area contributed by atoms with Gasteiger partial charge >= 0.3 is 5.63 Å². The Hall–Kier alpha value is -2.75. The van der Waals surface area contributed by atoms with E-state index in [2.05, 4.69) is 0 Å². The van der Waals surface area contributed by atoms with Crippen LogP contribution in [0.5, 0.6) is 5.75 Å². The van der Waals surface area contributed by atoms with Crippen LogP contribution in [0.15, 0.2) is 51.7 Å². The highest BCUT2D eigenvalue weighted by atomic mass is 16.4. The molecule has 0 aliphatic rings. The van der Waals surface area contributed by atoms with Crippen LogP contribution in [0.3, 0.4) is 0 Å². The molecular weight excluding hydrogens is 254 g/mol. The third-order valence-corrected chi connectivity index (χ3v) is 3.35. The maximum absolute atomic E-state index is 12.2. The molecule has 0 fully saturated rings. The highest BCUT2D eigenvalue weighted by molar-refractivity contribution is 5.87. The molecule has 3 N–H and O–H groups in total. The Bertz CT molecular complexity index is 848. The number of aryl methyl sites for hydroxylation is 1. The number of anilines is 1. The summed E-state index contributed by atoms with van der Waals surface area (Å²) in [6.07, 6.45) is 0. The summed E-state index contributed by atoms with van der Waals surface area (Å²) in [6.45, 7) is 1.86. The summed E-state index contributed by atoms with van der Waals surface area (Å²) in [6, 6.07) is 11.8. The molecule has 0 aliphatic heterocycles. The molecule has 2 aromatic carbocycles. The van der Waals surface area contributed by atoms with Crippen molar-refractivity contribution in [2.45, 2.75) is 6.92 Å². The van der Waals surface area contributed by atoms with E-state index in [4.69, 9.17) is 10.2 Å². The number of aromatic hydroxyl groups is 1. The predicted octanol–water partition coefficient (Wildman–Crippen LogP) is 3.06. The fourth-order valence-electron chi connectivity index (χ4n) is 2.33. The van der Waals surface area contributed by atoms with Crippen molar-refractivity contribution in [3.05, 3.63) is 58.4 Å². The Morgan fingerprint density at radius 3 is 2.50 bits per heavy atom. The number of phenols is 1. The van der Waals surface area contributed by atoms with Crippen LogP contribution in [0.1, 0.15) is 5.56 Å². The molecule has 0 aliphatic carbocycles. The van der Waals surface area contributed by atoms with Gasteiger partial charge in [-0.15, -0.1) is 0 Å². The van der Waals surface area contributed by atoms with E-state index in [1.54, 1.807) is 36.4 Å². The quantitative estimate of drug-likeness (QED) is 0.524. The van der Waals surface area contributed by atoms with Crippen LogP contribution in [0.2, 0.25) is 0 Å². The first-order valence-electron chi connectivity index (χ1n) is 6.18. The Labute approximate surface area is 115 Å². The summed E-state index contributed by atoms with van der Waals surface area (Å²) in [5, 5.41) is 10.3. The molecule has 3 aromatic rings. The zero-order valence-corrected chi connectivity index (χ0v) is 10.9. The second-order valence-electron chi connectivity index (χ2n) is 4.69. The monoisotopic (exact) mass is 267 g/mol. The maximum Gasteiger partial charge on any atom is 0.344 e. The Kier molecular flexibility index (Phi) is 2.71. The van der Waals surface area contributed by atoms with Gasteiger partial charge in [0.2, 0.25) is 0 Å². The average molecular weight is 267 g/mol. The van der Waals surface area contributed by atoms with Gasteiger partial charge in [-0.3, -0.25) is 0 Å². The molecule has 0 saturated heterocycles. The van der Waals surface area contributed by atoms with Gasteiger partial charge in [-0.2, -0.15) is 0 Å². The van der Waals surface area contributed by atoms with Gasteiger partial charge in [0.25, 0.3) is 0 Å². The van der Waals surface area contributed by atoms with Crippen molar-refractivity contribution in [3.8, 4) is 16.9 Å². The molecule has 0 unspecified atom stereocenters. The molecule has 4 nitrogen and oxygen atoms in total. The van der Waals surface area contributed by atoms with Crippen LogP contribution in [0.25, 0.3) is 22.1 Å². The number of fused-ring (bicyclic) bond motifs is 1. The third-order valence-electron chi connectivity index (χ3n) is 3.35. The number of benzene rings is 2. The minimum atomic E-state index is -0.426. The highest BCUT2D eigenvalue weighted by Crippen LogP contribution is 2.28. The summed E-state index contributed by atoms with van der Waals surface area (Å²) in [5.41, 5.74) is 8.36. The van der Waals surface area contributed by atoms with Gasteiger partial charge in [0.05, 0.1) is 5.56 Å². The normalized spacial score (nSPS) is 10.8. The third kappa shape index (κ3) is 1.91. The largest absolute Gasteiger partial charge is 0.508 e. The molecule has 0 atom stereocenters. The summed E-state index contributed by atoms with van der Waals surface area (Å²) in [4.78, 5) is 12.2. The molecule has 0 spiro atoms. The lowest BCUT2D eigenvalue weighted by Gasteiger charge is -2.08. The Balaban J connectivity index is 2.34. The molecule has 1 heterocycles. The topological polar surface area (TPSA) is 76.5 Å². The van der Waals surface area contributed by atoms with Crippen LogP contribution in [0, 0.1) is 6.92 Å². The first-order valence-corrected chi connectivity index (χ1v) is 6.18. The van der Waals surface area contributed by atoms with Crippen molar-refractivity contribution in [1.82, 2.24) is 0 Å². The first kappa shape index (κ1) is 12.3. The molecule has 20 heavy (non-hydrogen) atoms. The van der Waals surface area contributed by atoms with E-state index < -0.39 is 5.63 Å². The second-order valence-corrected chi connectivity index (χ2v) is 4.69. The van der Waals surface area contributed by atoms with Crippen LogP contribution in [0.4, 0.5) is 5.69 Å². The van der Waals surface area contributed by atoms with Crippen LogP contribution >= 0.6 is 0 Å². The van der Waals surface area contributed by atoms with E-state index in [1.165, 1.54) is 6.07 Å². The summed E-state index contributed by atoms with van der Waals surface area (Å²) in [7, 11) is 0. The van der Waals surface area contributed by atoms with E-state index in [0.29, 0.717) is 16.8 Å². The molecule has 0 saturated carbocycles. The van der Waals surface area contributed by atoms with Gasteiger partial charge in [-0.25, -0.2) is 4.79 Å². The standard InChI is InChI=1S/C16H13NO3/c1-9-13-7-6-12(18)8-14(13)20-16(19)15(9)10-2-4-11(17)5-3-10/h2-8,18H,17H2,1H3. The molecule has 0 bridgehead atoms. The SMILES string of the molecule is Cc1c(-c2ccc(N)cc2)c(=O)oc2cc(O)ccc12. The van der Waals surface area contributed by atoms with Gasteiger partial charge in [0.15, 0.2) is 0 Å². The second kappa shape index (κ2) is 4.42. The van der Waals surface area contributed by atoms with E-state index in [1.807, 2.05) is 6.92 Å². The number of hydrogen-bond acceptors (Lipinski definition) is 4.